The van der Waals surface area contributed by atoms with Gasteiger partial charge in [-0.25, -0.2) is 4.79 Å². The molecule has 7 nitrogen and oxygen atoms in total. The first-order valence-electron chi connectivity index (χ1n) is 11.4. The van der Waals surface area contributed by atoms with Crippen LogP contribution in [-0.2, 0) is 26.9 Å². The summed E-state index contributed by atoms with van der Waals surface area (Å²) >= 11 is 5.93. The van der Waals surface area contributed by atoms with Gasteiger partial charge in [0.05, 0.1) is 27.4 Å². The second-order valence-corrected chi connectivity index (χ2v) is 8.90. The Balaban J connectivity index is 1.55. The molecule has 1 aliphatic heterocycles. The molecule has 3 aromatic rings. The van der Waals surface area contributed by atoms with Crippen LogP contribution < -0.4 is 5.32 Å². The lowest BCUT2D eigenvalue weighted by Gasteiger charge is -2.26. The number of hydrogen-bond acceptors (Lipinski definition) is 5. The van der Waals surface area contributed by atoms with Crippen LogP contribution in [0.1, 0.15) is 38.8 Å². The van der Waals surface area contributed by atoms with Crippen LogP contribution in [0.5, 0.6) is 0 Å². The van der Waals surface area contributed by atoms with Crippen molar-refractivity contribution in [3.63, 3.8) is 0 Å². The van der Waals surface area contributed by atoms with E-state index in [4.69, 9.17) is 16.3 Å². The van der Waals surface area contributed by atoms with Gasteiger partial charge in [-0.1, -0.05) is 54.1 Å². The van der Waals surface area contributed by atoms with Gasteiger partial charge in [0, 0.05) is 6.42 Å². The molecule has 3 aromatic carbocycles. The lowest BCUT2D eigenvalue weighted by atomic mass is 10.0. The molecule has 3 amide bonds. The number of rotatable bonds is 7. The Morgan fingerprint density at radius 2 is 1.53 bits per heavy atom. The second kappa shape index (κ2) is 10.7. The van der Waals surface area contributed by atoms with Crippen molar-refractivity contribution >= 4 is 41.0 Å². The highest BCUT2D eigenvalue weighted by Gasteiger charge is 2.44. The summed E-state index contributed by atoms with van der Waals surface area (Å²) in [5.74, 6) is -3.37. The van der Waals surface area contributed by atoms with Crippen LogP contribution >= 0.6 is 11.6 Å². The summed E-state index contributed by atoms with van der Waals surface area (Å²) in [7, 11) is 0. The van der Waals surface area contributed by atoms with E-state index in [1.165, 1.54) is 19.1 Å². The molecule has 0 fully saturated rings. The van der Waals surface area contributed by atoms with E-state index in [-0.39, 0.29) is 28.3 Å². The Morgan fingerprint density at radius 1 is 0.947 bits per heavy atom. The van der Waals surface area contributed by atoms with Crippen LogP contribution in [0.25, 0.3) is 0 Å². The van der Waals surface area contributed by atoms with Crippen LogP contribution in [0.15, 0.2) is 72.8 Å². The van der Waals surface area contributed by atoms with Crippen LogP contribution in [0.3, 0.4) is 0 Å². The van der Waals surface area contributed by atoms with Crippen molar-refractivity contribution in [1.29, 1.82) is 0 Å². The molecule has 0 saturated carbocycles. The lowest BCUT2D eigenvalue weighted by molar-refractivity contribution is -0.157. The predicted octanol–water partition coefficient (Wildman–Crippen LogP) is 5.14. The highest BCUT2D eigenvalue weighted by atomic mass is 35.5. The van der Waals surface area contributed by atoms with Gasteiger partial charge in [0.1, 0.15) is 6.04 Å². The van der Waals surface area contributed by atoms with Gasteiger partial charge in [-0.2, -0.15) is 13.2 Å². The Hall–Kier alpha value is -4.18. The summed E-state index contributed by atoms with van der Waals surface area (Å²) in [6, 6.07) is 15.7. The fourth-order valence-corrected chi connectivity index (χ4v) is 4.11. The Bertz CT molecular complexity index is 1380. The number of nitrogens with one attached hydrogen (secondary N) is 1. The smallest absolute Gasteiger partial charge is 0.416 e. The molecule has 2 atom stereocenters. The van der Waals surface area contributed by atoms with Crippen LogP contribution in [-0.4, -0.2) is 40.7 Å². The molecular formula is C27H20ClF3N2O5. The Labute approximate surface area is 220 Å². The molecule has 0 aromatic heterocycles. The van der Waals surface area contributed by atoms with Crippen LogP contribution in [0, 0.1) is 0 Å². The molecular weight excluding hydrogens is 525 g/mol. The molecule has 1 N–H and O–H groups in total. The molecule has 1 heterocycles. The van der Waals surface area contributed by atoms with Crippen molar-refractivity contribution in [1.82, 2.24) is 4.90 Å². The van der Waals surface area contributed by atoms with E-state index in [0.717, 1.165) is 17.0 Å². The van der Waals surface area contributed by atoms with Gasteiger partial charge in [0.25, 0.3) is 17.7 Å². The van der Waals surface area contributed by atoms with Crippen molar-refractivity contribution in [2.75, 3.05) is 5.32 Å². The number of carbonyl (C=O) groups is 4. The van der Waals surface area contributed by atoms with Gasteiger partial charge in [0.15, 0.2) is 6.10 Å². The zero-order valence-electron chi connectivity index (χ0n) is 19.8. The second-order valence-electron chi connectivity index (χ2n) is 8.49. The van der Waals surface area contributed by atoms with Crippen molar-refractivity contribution in [3.8, 4) is 0 Å². The van der Waals surface area contributed by atoms with E-state index in [1.54, 1.807) is 42.5 Å². The summed E-state index contributed by atoms with van der Waals surface area (Å²) in [4.78, 5) is 52.9. The van der Waals surface area contributed by atoms with E-state index in [9.17, 15) is 32.3 Å². The largest absolute Gasteiger partial charge is 0.451 e. The van der Waals surface area contributed by atoms with Gasteiger partial charge in [-0.05, 0) is 42.8 Å². The molecule has 0 saturated heterocycles. The molecule has 4 rings (SSSR count). The first-order chi connectivity index (χ1) is 18.0. The van der Waals surface area contributed by atoms with Gasteiger partial charge >= 0.3 is 12.1 Å². The lowest BCUT2D eigenvalue weighted by Crippen LogP contribution is -2.48. The number of imide groups is 1. The molecule has 2 unspecified atom stereocenters. The first-order valence-corrected chi connectivity index (χ1v) is 11.7. The number of carbonyl (C=O) groups excluding carboxylic acids is 4. The normalized spacial score (nSPS) is 14.6. The van der Waals surface area contributed by atoms with E-state index < -0.39 is 47.6 Å². The molecule has 0 aliphatic carbocycles. The Morgan fingerprint density at radius 3 is 2.11 bits per heavy atom. The number of amides is 3. The van der Waals surface area contributed by atoms with Gasteiger partial charge in [0.2, 0.25) is 0 Å². The number of halogens is 4. The molecule has 0 bridgehead atoms. The minimum atomic E-state index is -4.67. The van der Waals surface area contributed by atoms with Crippen molar-refractivity contribution in [3.05, 3.63) is 100 Å². The summed E-state index contributed by atoms with van der Waals surface area (Å²) in [5, 5.41) is 2.07. The van der Waals surface area contributed by atoms with Gasteiger partial charge in [-0.15, -0.1) is 0 Å². The highest BCUT2D eigenvalue weighted by Crippen LogP contribution is 2.34. The molecule has 0 radical (unpaired) electrons. The molecule has 0 spiro atoms. The van der Waals surface area contributed by atoms with Crippen molar-refractivity contribution in [2.45, 2.75) is 31.7 Å². The van der Waals surface area contributed by atoms with E-state index in [2.05, 4.69) is 5.32 Å². The number of hydrogen-bond donors (Lipinski definition) is 1. The number of fused-ring (bicyclic) bond motifs is 1. The van der Waals surface area contributed by atoms with Gasteiger partial charge in [-0.3, -0.25) is 19.3 Å². The van der Waals surface area contributed by atoms with E-state index >= 15 is 0 Å². The number of alkyl halides is 3. The number of benzene rings is 3. The third-order valence-electron chi connectivity index (χ3n) is 5.89. The zero-order valence-corrected chi connectivity index (χ0v) is 20.5. The summed E-state index contributed by atoms with van der Waals surface area (Å²) < 4.78 is 44.5. The number of ether oxygens (including phenoxy) is 1. The van der Waals surface area contributed by atoms with Crippen LogP contribution in [0.2, 0.25) is 5.02 Å². The maximum atomic E-state index is 13.3. The molecule has 196 valence electrons. The number of esters is 1. The summed E-state index contributed by atoms with van der Waals surface area (Å²) in [6.45, 7) is 1.21. The third kappa shape index (κ3) is 5.55. The fraction of sp³-hybridized carbons (Fsp3) is 0.185. The molecule has 38 heavy (non-hydrogen) atoms. The van der Waals surface area contributed by atoms with Crippen molar-refractivity contribution in [2.24, 2.45) is 0 Å². The topological polar surface area (TPSA) is 92.8 Å². The average Bonchev–Trinajstić information content (AvgIpc) is 3.13. The summed E-state index contributed by atoms with van der Waals surface area (Å²) in [5.41, 5.74) is -0.466. The van der Waals surface area contributed by atoms with Crippen molar-refractivity contribution < 1.29 is 37.1 Å². The van der Waals surface area contributed by atoms with Gasteiger partial charge < -0.3 is 10.1 Å². The minimum absolute atomic E-state index is 0.0844. The maximum absolute atomic E-state index is 13.3. The zero-order chi connectivity index (χ0) is 27.6. The third-order valence-corrected chi connectivity index (χ3v) is 6.22. The fourth-order valence-electron chi connectivity index (χ4n) is 3.95. The number of nitrogens with zero attached hydrogens (tertiary/aromatic N) is 1. The standard InChI is InChI=1S/C27H20ClF3N2O5/c1-15(23(34)32-21-14-17(27(29,30)31)11-12-20(21)28)38-26(37)22(13-16-7-3-2-4-8-16)33-24(35)18-9-5-6-10-19(18)25(33)36/h2-12,14-15,22H,13H2,1H3,(H,32,34). The predicted molar refractivity (Wildman–Crippen MR) is 132 cm³/mol. The maximum Gasteiger partial charge on any atom is 0.416 e. The first kappa shape index (κ1) is 26.9. The molecule has 1 aliphatic rings. The average molecular weight is 545 g/mol. The number of anilines is 1. The van der Waals surface area contributed by atoms with E-state index in [1.807, 2.05) is 0 Å². The monoisotopic (exact) mass is 544 g/mol. The summed E-state index contributed by atoms with van der Waals surface area (Å²) in [6.07, 6.45) is -6.25. The Kier molecular flexibility index (Phi) is 7.54. The molecule has 11 heteroatoms. The van der Waals surface area contributed by atoms with Crippen LogP contribution in [0.4, 0.5) is 18.9 Å². The highest BCUT2D eigenvalue weighted by molar-refractivity contribution is 6.33. The minimum Gasteiger partial charge on any atom is -0.451 e. The van der Waals surface area contributed by atoms with E-state index in [0.29, 0.717) is 11.6 Å². The SMILES string of the molecule is CC(OC(=O)C(Cc1ccccc1)N1C(=O)c2ccccc2C1=O)C(=O)Nc1cc(C(F)(F)F)ccc1Cl. The quantitative estimate of drug-likeness (QED) is 0.328.